The molecule has 0 aliphatic carbocycles. The van der Waals surface area contributed by atoms with E-state index in [0.29, 0.717) is 25.1 Å². The van der Waals surface area contributed by atoms with Crippen LogP contribution in [0.5, 0.6) is 0 Å². The summed E-state index contributed by atoms with van der Waals surface area (Å²) >= 11 is 0. The fourth-order valence-electron chi connectivity index (χ4n) is 2.47. The maximum Gasteiger partial charge on any atom is 0.416 e. The van der Waals surface area contributed by atoms with Crippen LogP contribution in [0.3, 0.4) is 0 Å². The molecular formula is C14H15ClF6N2O. The van der Waals surface area contributed by atoms with Crippen molar-refractivity contribution in [3.8, 4) is 0 Å². The van der Waals surface area contributed by atoms with Gasteiger partial charge in [-0.25, -0.2) is 0 Å². The van der Waals surface area contributed by atoms with E-state index in [1.807, 2.05) is 0 Å². The number of rotatable bonds is 2. The molecule has 1 unspecified atom stereocenters. The molecule has 2 rings (SSSR count). The maximum absolute atomic E-state index is 12.8. The van der Waals surface area contributed by atoms with Crippen molar-refractivity contribution in [3.63, 3.8) is 0 Å². The van der Waals surface area contributed by atoms with Crippen LogP contribution in [0.25, 0.3) is 0 Å². The maximum atomic E-state index is 12.8. The molecule has 1 aliphatic rings. The molecule has 1 amide bonds. The zero-order valence-electron chi connectivity index (χ0n) is 12.2. The predicted molar refractivity (Wildman–Crippen MR) is 76.8 cm³/mol. The summed E-state index contributed by atoms with van der Waals surface area (Å²) in [5.74, 6) is -0.843. The van der Waals surface area contributed by atoms with Gasteiger partial charge in [0.1, 0.15) is 0 Å². The number of likely N-dealkylation sites (tertiary alicyclic amines) is 1. The van der Waals surface area contributed by atoms with E-state index in [9.17, 15) is 31.1 Å². The molecule has 1 aliphatic heterocycles. The molecule has 1 saturated heterocycles. The summed E-state index contributed by atoms with van der Waals surface area (Å²) < 4.78 is 76.7. The van der Waals surface area contributed by atoms with Gasteiger partial charge in [0.05, 0.1) is 11.1 Å². The molecule has 1 aromatic carbocycles. The van der Waals surface area contributed by atoms with Crippen LogP contribution < -0.4 is 5.73 Å². The van der Waals surface area contributed by atoms with Gasteiger partial charge in [-0.05, 0) is 37.1 Å². The summed E-state index contributed by atoms with van der Waals surface area (Å²) in [4.78, 5) is 13.4. The van der Waals surface area contributed by atoms with Crippen LogP contribution in [-0.2, 0) is 12.4 Å². The quantitative estimate of drug-likeness (QED) is 0.802. The molecule has 1 heterocycles. The first kappa shape index (κ1) is 20.6. The molecule has 0 spiro atoms. The summed E-state index contributed by atoms with van der Waals surface area (Å²) in [5, 5.41) is 0. The van der Waals surface area contributed by atoms with Crippen molar-refractivity contribution >= 4 is 18.3 Å². The Labute approximate surface area is 140 Å². The van der Waals surface area contributed by atoms with Crippen molar-refractivity contribution in [1.29, 1.82) is 0 Å². The second-order valence-corrected chi connectivity index (χ2v) is 5.44. The van der Waals surface area contributed by atoms with Crippen molar-refractivity contribution in [2.45, 2.75) is 18.8 Å². The third-order valence-electron chi connectivity index (χ3n) is 3.74. The second kappa shape index (κ2) is 7.18. The van der Waals surface area contributed by atoms with E-state index in [0.717, 1.165) is 0 Å². The minimum Gasteiger partial charge on any atom is -0.338 e. The lowest BCUT2D eigenvalue weighted by atomic mass is 10.0. The second-order valence-electron chi connectivity index (χ2n) is 5.44. The molecule has 10 heteroatoms. The average molecular weight is 377 g/mol. The van der Waals surface area contributed by atoms with Gasteiger partial charge in [-0.15, -0.1) is 12.4 Å². The van der Waals surface area contributed by atoms with Gasteiger partial charge in [0.15, 0.2) is 0 Å². The molecule has 0 aromatic heterocycles. The number of amides is 1. The van der Waals surface area contributed by atoms with Crippen LogP contribution in [0.1, 0.15) is 27.9 Å². The van der Waals surface area contributed by atoms with Gasteiger partial charge in [0.2, 0.25) is 0 Å². The molecule has 0 saturated carbocycles. The Morgan fingerprint density at radius 2 is 1.58 bits per heavy atom. The zero-order valence-corrected chi connectivity index (χ0v) is 13.1. The number of nitrogens with two attached hydrogens (primary N) is 1. The fraction of sp³-hybridized carbons (Fsp3) is 0.500. The first-order chi connectivity index (χ1) is 10.5. The Balaban J connectivity index is 0.00000288. The topological polar surface area (TPSA) is 46.3 Å². The van der Waals surface area contributed by atoms with Crippen molar-refractivity contribution in [1.82, 2.24) is 4.90 Å². The Bertz CT molecular complexity index is 570. The summed E-state index contributed by atoms with van der Waals surface area (Å²) in [6, 6.07) is 0.907. The van der Waals surface area contributed by atoms with Crippen LogP contribution in [0, 0.1) is 5.92 Å². The molecule has 3 nitrogen and oxygen atoms in total. The van der Waals surface area contributed by atoms with Gasteiger partial charge in [0.25, 0.3) is 5.91 Å². The number of hydrogen-bond donors (Lipinski definition) is 1. The highest BCUT2D eigenvalue weighted by molar-refractivity contribution is 5.95. The summed E-state index contributed by atoms with van der Waals surface area (Å²) in [7, 11) is 0. The predicted octanol–water partition coefficient (Wildman–Crippen LogP) is 3.57. The minimum atomic E-state index is -4.97. The van der Waals surface area contributed by atoms with Gasteiger partial charge in [-0.2, -0.15) is 26.3 Å². The smallest absolute Gasteiger partial charge is 0.338 e. The SMILES string of the molecule is Cl.NCC1CCN(C(=O)c2cc(C(F)(F)F)cc(C(F)(F)F)c2)C1. The molecule has 2 N–H and O–H groups in total. The first-order valence-electron chi connectivity index (χ1n) is 6.81. The molecule has 136 valence electrons. The molecule has 24 heavy (non-hydrogen) atoms. The Morgan fingerprint density at radius 3 is 1.96 bits per heavy atom. The average Bonchev–Trinajstić information content (AvgIpc) is 2.93. The lowest BCUT2D eigenvalue weighted by Crippen LogP contribution is -2.30. The number of carbonyl (C=O) groups excluding carboxylic acids is 1. The zero-order chi connectivity index (χ0) is 17.4. The number of alkyl halides is 6. The molecule has 0 bridgehead atoms. The standard InChI is InChI=1S/C14H14F6N2O.ClH/c15-13(16,17)10-3-9(4-11(5-10)14(18,19)20)12(23)22-2-1-8(6-21)7-22;/h3-5,8H,1-2,6-7,21H2;1H. The summed E-state index contributed by atoms with van der Waals surface area (Å²) in [5.41, 5.74) is 1.85. The number of halogens is 7. The van der Waals surface area contributed by atoms with Crippen molar-refractivity contribution in [2.75, 3.05) is 19.6 Å². The van der Waals surface area contributed by atoms with Gasteiger partial charge in [0, 0.05) is 18.7 Å². The van der Waals surface area contributed by atoms with E-state index in [1.54, 1.807) is 0 Å². The largest absolute Gasteiger partial charge is 0.416 e. The van der Waals surface area contributed by atoms with Crippen molar-refractivity contribution in [3.05, 3.63) is 34.9 Å². The number of nitrogens with zero attached hydrogens (tertiary/aromatic N) is 1. The van der Waals surface area contributed by atoms with Crippen LogP contribution in [0.4, 0.5) is 26.3 Å². The van der Waals surface area contributed by atoms with Crippen LogP contribution >= 0.6 is 12.4 Å². The fourth-order valence-corrected chi connectivity index (χ4v) is 2.47. The molecule has 0 radical (unpaired) electrons. The van der Waals surface area contributed by atoms with Gasteiger partial charge in [-0.1, -0.05) is 0 Å². The first-order valence-corrected chi connectivity index (χ1v) is 6.81. The van der Waals surface area contributed by atoms with E-state index < -0.39 is 35.0 Å². The Kier molecular flexibility index (Phi) is 6.15. The highest BCUT2D eigenvalue weighted by Crippen LogP contribution is 2.36. The lowest BCUT2D eigenvalue weighted by molar-refractivity contribution is -0.143. The molecular weight excluding hydrogens is 362 g/mol. The van der Waals surface area contributed by atoms with Crippen molar-refractivity contribution in [2.24, 2.45) is 11.7 Å². The third-order valence-corrected chi connectivity index (χ3v) is 3.74. The highest BCUT2D eigenvalue weighted by Gasteiger charge is 2.38. The highest BCUT2D eigenvalue weighted by atomic mass is 35.5. The van der Waals surface area contributed by atoms with E-state index in [1.165, 1.54) is 4.90 Å². The minimum absolute atomic E-state index is 0. The lowest BCUT2D eigenvalue weighted by Gasteiger charge is -2.19. The molecule has 1 aromatic rings. The van der Waals surface area contributed by atoms with E-state index in [2.05, 4.69) is 0 Å². The van der Waals surface area contributed by atoms with Gasteiger partial charge in [-0.3, -0.25) is 4.79 Å². The molecule has 1 fully saturated rings. The Hall–Kier alpha value is -1.48. The summed E-state index contributed by atoms with van der Waals surface area (Å²) in [6.45, 7) is 0.797. The normalized spacial score (nSPS) is 18.5. The van der Waals surface area contributed by atoms with Crippen LogP contribution in [0.2, 0.25) is 0 Å². The van der Waals surface area contributed by atoms with Crippen molar-refractivity contribution < 1.29 is 31.1 Å². The van der Waals surface area contributed by atoms with E-state index >= 15 is 0 Å². The number of carbonyl (C=O) groups is 1. The van der Waals surface area contributed by atoms with Gasteiger partial charge >= 0.3 is 12.4 Å². The van der Waals surface area contributed by atoms with Gasteiger partial charge < -0.3 is 10.6 Å². The monoisotopic (exact) mass is 376 g/mol. The number of hydrogen-bond acceptors (Lipinski definition) is 2. The van der Waals surface area contributed by atoms with Crippen LogP contribution in [0.15, 0.2) is 18.2 Å². The summed E-state index contributed by atoms with van der Waals surface area (Å²) in [6.07, 6.45) is -9.37. The van der Waals surface area contributed by atoms with Crippen LogP contribution in [-0.4, -0.2) is 30.4 Å². The third kappa shape index (κ3) is 4.54. The van der Waals surface area contributed by atoms with E-state index in [4.69, 9.17) is 5.73 Å². The Morgan fingerprint density at radius 1 is 1.08 bits per heavy atom. The number of benzene rings is 1. The van der Waals surface area contributed by atoms with E-state index in [-0.39, 0.29) is 37.5 Å². The molecule has 1 atom stereocenters.